The summed E-state index contributed by atoms with van der Waals surface area (Å²) < 4.78 is 2.70. The van der Waals surface area contributed by atoms with Gasteiger partial charge in [0.25, 0.3) is 0 Å². The van der Waals surface area contributed by atoms with E-state index >= 15 is 0 Å². The number of fused-ring (bicyclic) bond motifs is 1. The molecule has 56 valence electrons. The van der Waals surface area contributed by atoms with Gasteiger partial charge in [0.05, 0.1) is 11.7 Å². The summed E-state index contributed by atoms with van der Waals surface area (Å²) in [5.74, 6) is 0. The summed E-state index contributed by atoms with van der Waals surface area (Å²) in [6, 6.07) is 3.68. The largest absolute Gasteiger partial charge is 0.294 e. The molecule has 2 nitrogen and oxygen atoms in total. The van der Waals surface area contributed by atoms with Crippen molar-refractivity contribution in [3.63, 3.8) is 0 Å². The van der Waals surface area contributed by atoms with E-state index in [0.717, 1.165) is 15.3 Å². The van der Waals surface area contributed by atoms with Crippen molar-refractivity contribution in [3.05, 3.63) is 34.3 Å². The van der Waals surface area contributed by atoms with Crippen LogP contribution in [0.15, 0.2) is 29.3 Å². The summed E-state index contributed by atoms with van der Waals surface area (Å²) in [6.07, 6.45) is 3.63. The van der Waals surface area contributed by atoms with E-state index in [1.54, 1.807) is 6.20 Å². The minimum absolute atomic E-state index is 0.727. The molecule has 0 saturated heterocycles. The maximum absolute atomic E-state index is 5.77. The van der Waals surface area contributed by atoms with Crippen molar-refractivity contribution in [2.24, 2.45) is 0 Å². The SMILES string of the molecule is Clc1ccn2c(Br)ncc2c1. The Hall–Kier alpha value is -0.540. The molecule has 0 N–H and O–H groups in total. The molecule has 2 rings (SSSR count). The molecule has 0 bridgehead atoms. The van der Waals surface area contributed by atoms with Crippen LogP contribution < -0.4 is 0 Å². The monoisotopic (exact) mass is 230 g/mol. The average molecular weight is 231 g/mol. The maximum atomic E-state index is 5.77. The molecule has 2 aromatic heterocycles. The van der Waals surface area contributed by atoms with Gasteiger partial charge in [-0.05, 0) is 28.1 Å². The fraction of sp³-hybridized carbons (Fsp3) is 0. The standard InChI is InChI=1S/C7H4BrClN2/c8-7-10-4-6-3-5(9)1-2-11(6)7/h1-4H. The van der Waals surface area contributed by atoms with Crippen LogP contribution in [0.25, 0.3) is 5.52 Å². The summed E-state index contributed by atoms with van der Waals surface area (Å²) in [6.45, 7) is 0. The van der Waals surface area contributed by atoms with E-state index < -0.39 is 0 Å². The van der Waals surface area contributed by atoms with Crippen LogP contribution in [0.2, 0.25) is 5.02 Å². The van der Waals surface area contributed by atoms with Gasteiger partial charge >= 0.3 is 0 Å². The minimum atomic E-state index is 0.727. The summed E-state index contributed by atoms with van der Waals surface area (Å²) in [5.41, 5.74) is 0.990. The lowest BCUT2D eigenvalue weighted by Crippen LogP contribution is -1.81. The van der Waals surface area contributed by atoms with Crippen LogP contribution in [0.5, 0.6) is 0 Å². The molecule has 0 radical (unpaired) electrons. The van der Waals surface area contributed by atoms with Gasteiger partial charge in [-0.3, -0.25) is 4.40 Å². The Morgan fingerprint density at radius 3 is 3.18 bits per heavy atom. The molecular weight excluding hydrogens is 227 g/mol. The molecular formula is C7H4BrClN2. The van der Waals surface area contributed by atoms with Crippen LogP contribution in [0.4, 0.5) is 0 Å². The van der Waals surface area contributed by atoms with Gasteiger partial charge in [-0.1, -0.05) is 11.6 Å². The predicted octanol–water partition coefficient (Wildman–Crippen LogP) is 2.75. The normalized spacial score (nSPS) is 10.7. The fourth-order valence-electron chi connectivity index (χ4n) is 0.940. The molecule has 0 atom stereocenters. The van der Waals surface area contributed by atoms with Crippen LogP contribution in [0.1, 0.15) is 0 Å². The van der Waals surface area contributed by atoms with Crippen molar-refractivity contribution < 1.29 is 0 Å². The van der Waals surface area contributed by atoms with Gasteiger partial charge in [0, 0.05) is 11.2 Å². The number of rotatable bonds is 0. The molecule has 0 amide bonds. The zero-order chi connectivity index (χ0) is 7.84. The van der Waals surface area contributed by atoms with Gasteiger partial charge in [0.2, 0.25) is 0 Å². The number of nitrogens with zero attached hydrogens (tertiary/aromatic N) is 2. The highest BCUT2D eigenvalue weighted by molar-refractivity contribution is 9.10. The molecule has 0 unspecified atom stereocenters. The highest BCUT2D eigenvalue weighted by Crippen LogP contribution is 2.16. The summed E-state index contributed by atoms with van der Waals surface area (Å²) in [4.78, 5) is 4.06. The Morgan fingerprint density at radius 1 is 1.55 bits per heavy atom. The highest BCUT2D eigenvalue weighted by Gasteiger charge is 1.98. The molecule has 0 spiro atoms. The molecule has 11 heavy (non-hydrogen) atoms. The minimum Gasteiger partial charge on any atom is -0.294 e. The molecule has 0 fully saturated rings. The van der Waals surface area contributed by atoms with Gasteiger partial charge < -0.3 is 0 Å². The first-order valence-electron chi connectivity index (χ1n) is 3.05. The molecule has 0 aromatic carbocycles. The lowest BCUT2D eigenvalue weighted by Gasteiger charge is -1.93. The van der Waals surface area contributed by atoms with E-state index in [2.05, 4.69) is 20.9 Å². The zero-order valence-corrected chi connectivity index (χ0v) is 7.80. The van der Waals surface area contributed by atoms with Crippen molar-refractivity contribution in [1.82, 2.24) is 9.38 Å². The van der Waals surface area contributed by atoms with Crippen molar-refractivity contribution in [1.29, 1.82) is 0 Å². The zero-order valence-electron chi connectivity index (χ0n) is 5.46. The van der Waals surface area contributed by atoms with Crippen LogP contribution in [0.3, 0.4) is 0 Å². The van der Waals surface area contributed by atoms with Gasteiger partial charge in [-0.2, -0.15) is 0 Å². The number of hydrogen-bond acceptors (Lipinski definition) is 1. The van der Waals surface area contributed by atoms with Crippen LogP contribution in [0, 0.1) is 0 Å². The van der Waals surface area contributed by atoms with Crippen molar-refractivity contribution in [3.8, 4) is 0 Å². The molecule has 2 heterocycles. The van der Waals surface area contributed by atoms with E-state index in [0.29, 0.717) is 0 Å². The Labute approximate surface area is 76.9 Å². The third-order valence-corrected chi connectivity index (χ3v) is 2.27. The lowest BCUT2D eigenvalue weighted by atomic mass is 10.4. The first-order chi connectivity index (χ1) is 5.27. The average Bonchev–Trinajstić information content (AvgIpc) is 2.32. The van der Waals surface area contributed by atoms with Crippen LogP contribution >= 0.6 is 27.5 Å². The quantitative estimate of drug-likeness (QED) is 0.681. The van der Waals surface area contributed by atoms with E-state index in [4.69, 9.17) is 11.6 Å². The Kier molecular flexibility index (Phi) is 1.62. The van der Waals surface area contributed by atoms with E-state index in [9.17, 15) is 0 Å². The summed E-state index contributed by atoms with van der Waals surface area (Å²) in [5, 5.41) is 0.727. The highest BCUT2D eigenvalue weighted by atomic mass is 79.9. The molecule has 0 aliphatic carbocycles. The molecule has 0 aliphatic rings. The third kappa shape index (κ3) is 1.14. The van der Waals surface area contributed by atoms with Crippen molar-refractivity contribution in [2.45, 2.75) is 0 Å². The van der Waals surface area contributed by atoms with E-state index in [1.165, 1.54) is 0 Å². The van der Waals surface area contributed by atoms with Crippen molar-refractivity contribution >= 4 is 33.0 Å². The molecule has 4 heteroatoms. The smallest absolute Gasteiger partial charge is 0.181 e. The third-order valence-electron chi connectivity index (χ3n) is 1.45. The number of imidazole rings is 1. The van der Waals surface area contributed by atoms with E-state index in [-0.39, 0.29) is 0 Å². The Morgan fingerprint density at radius 2 is 2.36 bits per heavy atom. The molecule has 0 aliphatic heterocycles. The number of halogens is 2. The van der Waals surface area contributed by atoms with Gasteiger partial charge in [-0.25, -0.2) is 4.98 Å². The Balaban J connectivity index is 2.86. The second-order valence-corrected chi connectivity index (χ2v) is 3.31. The fourth-order valence-corrected chi connectivity index (χ4v) is 1.53. The molecule has 2 aromatic rings. The summed E-state index contributed by atoms with van der Waals surface area (Å²) >= 11 is 9.07. The Bertz CT molecular complexity index is 396. The second kappa shape index (κ2) is 2.50. The lowest BCUT2D eigenvalue weighted by molar-refractivity contribution is 1.10. The van der Waals surface area contributed by atoms with Gasteiger partial charge in [0.15, 0.2) is 4.73 Å². The molecule has 0 saturated carbocycles. The van der Waals surface area contributed by atoms with Crippen LogP contribution in [-0.2, 0) is 0 Å². The first kappa shape index (κ1) is 7.13. The number of hydrogen-bond donors (Lipinski definition) is 0. The van der Waals surface area contributed by atoms with Gasteiger partial charge in [0.1, 0.15) is 0 Å². The second-order valence-electron chi connectivity index (χ2n) is 2.17. The maximum Gasteiger partial charge on any atom is 0.181 e. The number of pyridine rings is 1. The van der Waals surface area contributed by atoms with Gasteiger partial charge in [-0.15, -0.1) is 0 Å². The van der Waals surface area contributed by atoms with E-state index in [1.807, 2.05) is 22.7 Å². The first-order valence-corrected chi connectivity index (χ1v) is 4.22. The van der Waals surface area contributed by atoms with Crippen LogP contribution in [-0.4, -0.2) is 9.38 Å². The number of aromatic nitrogens is 2. The summed E-state index contributed by atoms with van der Waals surface area (Å²) in [7, 11) is 0. The van der Waals surface area contributed by atoms with Crippen molar-refractivity contribution in [2.75, 3.05) is 0 Å². The predicted molar refractivity (Wildman–Crippen MR) is 47.9 cm³/mol. The topological polar surface area (TPSA) is 17.3 Å².